The first-order valence-corrected chi connectivity index (χ1v) is 10.4. The Morgan fingerprint density at radius 1 is 1.07 bits per heavy atom. The summed E-state index contributed by atoms with van der Waals surface area (Å²) in [5.74, 6) is -0.0741. The molecule has 0 aliphatic carbocycles. The van der Waals surface area contributed by atoms with Gasteiger partial charge in [-0.05, 0) is 62.9 Å². The maximum atomic E-state index is 13.5. The number of benzene rings is 2. The number of rotatable bonds is 6. The highest BCUT2D eigenvalue weighted by Gasteiger charge is 2.42. The molecule has 0 spiro atoms. The zero-order valence-corrected chi connectivity index (χ0v) is 17.9. The van der Waals surface area contributed by atoms with Crippen LogP contribution in [0, 0.1) is 13.8 Å². The van der Waals surface area contributed by atoms with E-state index in [2.05, 4.69) is 0 Å². The van der Waals surface area contributed by atoms with E-state index in [0.717, 1.165) is 16.7 Å². The number of hydrogen-bond donors (Lipinski definition) is 0. The Labute approximate surface area is 176 Å². The van der Waals surface area contributed by atoms with Gasteiger partial charge in [-0.25, -0.2) is 0 Å². The number of hydrogen-bond acceptors (Lipinski definition) is 4. The van der Waals surface area contributed by atoms with Crippen LogP contribution >= 0.6 is 0 Å². The second-order valence-corrected chi connectivity index (χ2v) is 8.19. The minimum absolute atomic E-state index is 0.127. The SMILES string of the molecule is Cc1cc2oc3c(c(=O)c2cc1C)[C@H](c1ccccc1)N(CCCOC(C)C)C3=O. The first-order chi connectivity index (χ1) is 14.4. The van der Waals surface area contributed by atoms with Gasteiger partial charge in [-0.1, -0.05) is 30.3 Å². The summed E-state index contributed by atoms with van der Waals surface area (Å²) in [7, 11) is 0. The summed E-state index contributed by atoms with van der Waals surface area (Å²) in [5.41, 5.74) is 3.73. The summed E-state index contributed by atoms with van der Waals surface area (Å²) < 4.78 is 11.7. The predicted molar refractivity (Wildman–Crippen MR) is 117 cm³/mol. The molecule has 156 valence electrons. The van der Waals surface area contributed by atoms with Gasteiger partial charge in [0.15, 0.2) is 5.43 Å². The molecule has 1 aliphatic rings. The minimum Gasteiger partial charge on any atom is -0.450 e. The molecule has 2 heterocycles. The molecule has 1 aliphatic heterocycles. The zero-order chi connectivity index (χ0) is 21.4. The van der Waals surface area contributed by atoms with Crippen LogP contribution in [-0.2, 0) is 4.74 Å². The van der Waals surface area contributed by atoms with E-state index in [9.17, 15) is 9.59 Å². The molecule has 0 radical (unpaired) electrons. The number of ether oxygens (including phenoxy) is 1. The van der Waals surface area contributed by atoms with Crippen LogP contribution in [0.15, 0.2) is 51.7 Å². The van der Waals surface area contributed by atoms with E-state index in [1.165, 1.54) is 0 Å². The number of fused-ring (bicyclic) bond motifs is 2. The van der Waals surface area contributed by atoms with Gasteiger partial charge in [-0.3, -0.25) is 9.59 Å². The van der Waals surface area contributed by atoms with Gasteiger partial charge < -0.3 is 14.1 Å². The molecule has 5 nitrogen and oxygen atoms in total. The molecule has 0 bridgehead atoms. The van der Waals surface area contributed by atoms with Crippen LogP contribution in [0.25, 0.3) is 11.0 Å². The molecular weight excluding hydrogens is 378 g/mol. The maximum Gasteiger partial charge on any atom is 0.290 e. The van der Waals surface area contributed by atoms with Crippen molar-refractivity contribution >= 4 is 16.9 Å². The minimum atomic E-state index is -0.449. The van der Waals surface area contributed by atoms with Crippen molar-refractivity contribution in [3.05, 3.63) is 80.7 Å². The first kappa shape index (κ1) is 20.4. The lowest BCUT2D eigenvalue weighted by Gasteiger charge is -2.25. The van der Waals surface area contributed by atoms with E-state index in [4.69, 9.17) is 9.15 Å². The molecule has 0 unspecified atom stereocenters. The van der Waals surface area contributed by atoms with E-state index in [1.54, 1.807) is 4.90 Å². The van der Waals surface area contributed by atoms with Gasteiger partial charge in [-0.2, -0.15) is 0 Å². The van der Waals surface area contributed by atoms with Gasteiger partial charge >= 0.3 is 0 Å². The largest absolute Gasteiger partial charge is 0.450 e. The van der Waals surface area contributed by atoms with Crippen molar-refractivity contribution in [3.8, 4) is 0 Å². The molecule has 1 aromatic heterocycles. The van der Waals surface area contributed by atoms with Gasteiger partial charge in [0, 0.05) is 13.2 Å². The normalized spacial score (nSPS) is 16.0. The smallest absolute Gasteiger partial charge is 0.290 e. The van der Waals surface area contributed by atoms with Gasteiger partial charge in [-0.15, -0.1) is 0 Å². The van der Waals surface area contributed by atoms with Crippen LogP contribution in [0.3, 0.4) is 0 Å². The van der Waals surface area contributed by atoms with Crippen molar-refractivity contribution in [2.24, 2.45) is 0 Å². The standard InChI is InChI=1S/C25H27NO4/c1-15(2)29-12-8-11-26-22(18-9-6-5-7-10-18)21-23(27)19-13-16(3)17(4)14-20(19)30-24(21)25(26)28/h5-7,9-10,13-15,22H,8,11-12H2,1-4H3/t22-/m0/s1. The van der Waals surface area contributed by atoms with Gasteiger partial charge in [0.1, 0.15) is 5.58 Å². The predicted octanol–water partition coefficient (Wildman–Crippen LogP) is 4.77. The summed E-state index contributed by atoms with van der Waals surface area (Å²) in [6.45, 7) is 8.97. The summed E-state index contributed by atoms with van der Waals surface area (Å²) in [6, 6.07) is 12.9. The third kappa shape index (κ3) is 3.54. The Bertz CT molecular complexity index is 1150. The van der Waals surface area contributed by atoms with Crippen LogP contribution in [0.4, 0.5) is 0 Å². The Morgan fingerprint density at radius 2 is 1.77 bits per heavy atom. The Hall–Kier alpha value is -2.92. The third-order valence-electron chi connectivity index (χ3n) is 5.69. The molecule has 2 aromatic carbocycles. The lowest BCUT2D eigenvalue weighted by molar-refractivity contribution is 0.0593. The van der Waals surface area contributed by atoms with Crippen molar-refractivity contribution < 1.29 is 13.9 Å². The van der Waals surface area contributed by atoms with E-state index in [1.807, 2.05) is 70.2 Å². The molecule has 5 heteroatoms. The average Bonchev–Trinajstić information content (AvgIpc) is 3.00. The lowest BCUT2D eigenvalue weighted by atomic mass is 9.97. The first-order valence-electron chi connectivity index (χ1n) is 10.4. The number of carbonyl (C=O) groups excluding carboxylic acids is 1. The summed E-state index contributed by atoms with van der Waals surface area (Å²) in [6.07, 6.45) is 0.828. The van der Waals surface area contributed by atoms with Gasteiger partial charge in [0.25, 0.3) is 5.91 Å². The molecule has 0 saturated heterocycles. The molecule has 0 saturated carbocycles. The molecule has 0 fully saturated rings. The molecule has 1 amide bonds. The fourth-order valence-corrected chi connectivity index (χ4v) is 4.04. The number of amides is 1. The number of carbonyl (C=O) groups is 1. The maximum absolute atomic E-state index is 13.5. The van der Waals surface area contributed by atoms with Crippen molar-refractivity contribution in [1.29, 1.82) is 0 Å². The second kappa shape index (κ2) is 8.07. The Balaban J connectivity index is 1.83. The van der Waals surface area contributed by atoms with E-state index < -0.39 is 6.04 Å². The van der Waals surface area contributed by atoms with E-state index in [-0.39, 0.29) is 23.2 Å². The highest BCUT2D eigenvalue weighted by Crippen LogP contribution is 2.38. The molecule has 1 atom stereocenters. The lowest BCUT2D eigenvalue weighted by Crippen LogP contribution is -2.31. The second-order valence-electron chi connectivity index (χ2n) is 8.19. The van der Waals surface area contributed by atoms with E-state index in [0.29, 0.717) is 36.1 Å². The van der Waals surface area contributed by atoms with Crippen molar-refractivity contribution in [2.45, 2.75) is 46.3 Å². The van der Waals surface area contributed by atoms with Crippen LogP contribution in [0.5, 0.6) is 0 Å². The molecular formula is C25H27NO4. The van der Waals surface area contributed by atoms with Gasteiger partial charge in [0.05, 0.1) is 23.1 Å². The topological polar surface area (TPSA) is 59.8 Å². The highest BCUT2D eigenvalue weighted by atomic mass is 16.5. The number of aryl methyl sites for hydroxylation is 2. The van der Waals surface area contributed by atoms with Gasteiger partial charge in [0.2, 0.25) is 5.76 Å². The third-order valence-corrected chi connectivity index (χ3v) is 5.69. The Kier molecular flexibility index (Phi) is 5.48. The average molecular weight is 405 g/mol. The fourth-order valence-electron chi connectivity index (χ4n) is 4.04. The van der Waals surface area contributed by atoms with Crippen molar-refractivity contribution in [1.82, 2.24) is 4.90 Å². The van der Waals surface area contributed by atoms with Crippen LogP contribution < -0.4 is 5.43 Å². The van der Waals surface area contributed by atoms with Crippen LogP contribution in [0.2, 0.25) is 0 Å². The Morgan fingerprint density at radius 3 is 2.47 bits per heavy atom. The van der Waals surface area contributed by atoms with Crippen molar-refractivity contribution in [3.63, 3.8) is 0 Å². The van der Waals surface area contributed by atoms with Crippen molar-refractivity contribution in [2.75, 3.05) is 13.2 Å². The molecule has 3 aromatic rings. The quantitative estimate of drug-likeness (QED) is 0.554. The molecule has 4 rings (SSSR count). The zero-order valence-electron chi connectivity index (χ0n) is 17.9. The monoisotopic (exact) mass is 405 g/mol. The summed E-state index contributed by atoms with van der Waals surface area (Å²) in [5, 5.41) is 0.524. The number of nitrogens with zero attached hydrogens (tertiary/aromatic N) is 1. The highest BCUT2D eigenvalue weighted by molar-refractivity contribution is 5.99. The van der Waals surface area contributed by atoms with E-state index >= 15 is 0 Å². The fraction of sp³-hybridized carbons (Fsp3) is 0.360. The van der Waals surface area contributed by atoms with Crippen LogP contribution in [0.1, 0.15) is 59.1 Å². The summed E-state index contributed by atoms with van der Waals surface area (Å²) >= 11 is 0. The van der Waals surface area contributed by atoms with Crippen LogP contribution in [-0.4, -0.2) is 30.1 Å². The molecule has 0 N–H and O–H groups in total. The summed E-state index contributed by atoms with van der Waals surface area (Å²) in [4.78, 5) is 28.6. The molecule has 30 heavy (non-hydrogen) atoms.